The van der Waals surface area contributed by atoms with Gasteiger partial charge in [0.15, 0.2) is 0 Å². The number of nitro benzene ring substituents is 1. The number of ether oxygens (including phenoxy) is 1. The number of piperidine rings is 1. The number of anilines is 2. The van der Waals surface area contributed by atoms with Gasteiger partial charge in [0.1, 0.15) is 5.69 Å². The molecule has 0 radical (unpaired) electrons. The fourth-order valence-electron chi connectivity index (χ4n) is 4.93. The number of benzene rings is 1. The van der Waals surface area contributed by atoms with E-state index in [0.29, 0.717) is 49.1 Å². The summed E-state index contributed by atoms with van der Waals surface area (Å²) in [6, 6.07) is 4.48. The molecule has 2 N–H and O–H groups in total. The molecule has 11 nitrogen and oxygen atoms in total. The first-order valence-electron chi connectivity index (χ1n) is 12.3. The van der Waals surface area contributed by atoms with Gasteiger partial charge in [-0.05, 0) is 38.8 Å². The fourth-order valence-corrected chi connectivity index (χ4v) is 5.38. The average molecular weight is 575 g/mol. The van der Waals surface area contributed by atoms with Crippen molar-refractivity contribution in [1.29, 1.82) is 0 Å². The van der Waals surface area contributed by atoms with Crippen LogP contribution < -0.4 is 10.6 Å². The SMILES string of the molecule is CNc1cncc(C(=O)N2CCC[C@@H](Nc3c(C(=O)N4C[C@@H](C)O[C@H](C)C4)cc(Br)cc3[N+](=O)[O-])C2)c1. The van der Waals surface area contributed by atoms with E-state index in [1.54, 1.807) is 35.2 Å². The van der Waals surface area contributed by atoms with Gasteiger partial charge in [0.2, 0.25) is 0 Å². The van der Waals surface area contributed by atoms with E-state index in [4.69, 9.17) is 4.74 Å². The van der Waals surface area contributed by atoms with Gasteiger partial charge in [-0.1, -0.05) is 15.9 Å². The molecule has 3 atom stereocenters. The third-order valence-electron chi connectivity index (χ3n) is 6.55. The number of nitro groups is 1. The van der Waals surface area contributed by atoms with Crippen molar-refractivity contribution in [1.82, 2.24) is 14.8 Å². The van der Waals surface area contributed by atoms with E-state index < -0.39 is 4.92 Å². The maximum atomic E-state index is 13.6. The van der Waals surface area contributed by atoms with Crippen molar-refractivity contribution < 1.29 is 19.2 Å². The second kappa shape index (κ2) is 11.4. The number of hydrogen-bond acceptors (Lipinski definition) is 8. The number of carbonyl (C=O) groups excluding carboxylic acids is 2. The Hall–Kier alpha value is -3.25. The standard InChI is InChI=1S/C25H31BrN6O5/c1-15-12-31(13-16(2)37-15)25(34)21-8-18(26)9-22(32(35)36)23(21)29-19-5-4-6-30(14-19)24(33)17-7-20(27-3)11-28-10-17/h7-11,15-16,19,27,29H,4-6,12-14H2,1-3H3/t15-,16-,19-/m1/s1. The maximum absolute atomic E-state index is 13.6. The predicted octanol–water partition coefficient (Wildman–Crippen LogP) is 3.76. The summed E-state index contributed by atoms with van der Waals surface area (Å²) >= 11 is 3.33. The Balaban J connectivity index is 1.60. The monoisotopic (exact) mass is 574 g/mol. The van der Waals surface area contributed by atoms with Crippen molar-refractivity contribution in [3.05, 3.63) is 56.3 Å². The summed E-state index contributed by atoms with van der Waals surface area (Å²) in [6.07, 6.45) is 4.30. The minimum atomic E-state index is -0.491. The highest BCUT2D eigenvalue weighted by atomic mass is 79.9. The van der Waals surface area contributed by atoms with Gasteiger partial charge in [-0.15, -0.1) is 0 Å². The number of likely N-dealkylation sites (tertiary alicyclic amines) is 1. The van der Waals surface area contributed by atoms with Gasteiger partial charge in [0.05, 0.1) is 33.9 Å². The van der Waals surface area contributed by atoms with Gasteiger partial charge >= 0.3 is 0 Å². The third kappa shape index (κ3) is 6.19. The second-order valence-corrected chi connectivity index (χ2v) is 10.4. The molecule has 2 amide bonds. The van der Waals surface area contributed by atoms with E-state index in [-0.39, 0.29) is 47.0 Å². The molecule has 4 rings (SSSR count). The quantitative estimate of drug-likeness (QED) is 0.394. The lowest BCUT2D eigenvalue weighted by Gasteiger charge is -2.36. The molecule has 2 aromatic rings. The Morgan fingerprint density at radius 2 is 1.84 bits per heavy atom. The van der Waals surface area contributed by atoms with Crippen molar-refractivity contribution in [2.45, 2.75) is 44.9 Å². The van der Waals surface area contributed by atoms with Crippen LogP contribution in [0, 0.1) is 10.1 Å². The predicted molar refractivity (Wildman–Crippen MR) is 143 cm³/mol. The normalized spacial score (nSPS) is 21.9. The van der Waals surface area contributed by atoms with Crippen molar-refractivity contribution in [2.24, 2.45) is 0 Å². The Kier molecular flexibility index (Phi) is 8.28. The molecule has 3 heterocycles. The number of carbonyl (C=O) groups is 2. The summed E-state index contributed by atoms with van der Waals surface area (Å²) < 4.78 is 6.20. The van der Waals surface area contributed by atoms with Crippen LogP contribution in [0.25, 0.3) is 0 Å². The van der Waals surface area contributed by atoms with Crippen LogP contribution in [0.3, 0.4) is 0 Å². The molecular formula is C25H31BrN6O5. The van der Waals surface area contributed by atoms with E-state index >= 15 is 0 Å². The molecule has 0 bridgehead atoms. The lowest BCUT2D eigenvalue weighted by Crippen LogP contribution is -2.48. The van der Waals surface area contributed by atoms with Crippen LogP contribution in [-0.2, 0) is 4.74 Å². The first-order valence-corrected chi connectivity index (χ1v) is 13.1. The molecule has 2 saturated heterocycles. The first kappa shape index (κ1) is 26.8. The zero-order valence-corrected chi connectivity index (χ0v) is 22.7. The van der Waals surface area contributed by atoms with Gasteiger partial charge in [-0.3, -0.25) is 24.7 Å². The van der Waals surface area contributed by atoms with Crippen LogP contribution in [0.4, 0.5) is 17.1 Å². The van der Waals surface area contributed by atoms with Gasteiger partial charge in [-0.2, -0.15) is 0 Å². The number of nitrogens with one attached hydrogen (secondary N) is 2. The van der Waals surface area contributed by atoms with Crippen LogP contribution >= 0.6 is 15.9 Å². The highest BCUT2D eigenvalue weighted by molar-refractivity contribution is 9.10. The van der Waals surface area contributed by atoms with Crippen LogP contribution in [0.1, 0.15) is 47.4 Å². The summed E-state index contributed by atoms with van der Waals surface area (Å²) in [7, 11) is 1.76. The zero-order chi connectivity index (χ0) is 26.7. The smallest absolute Gasteiger partial charge is 0.294 e. The molecule has 1 aromatic carbocycles. The van der Waals surface area contributed by atoms with E-state index in [2.05, 4.69) is 31.5 Å². The second-order valence-electron chi connectivity index (χ2n) is 9.52. The minimum absolute atomic E-state index is 0.139. The number of aromatic nitrogens is 1. The average Bonchev–Trinajstić information content (AvgIpc) is 2.88. The van der Waals surface area contributed by atoms with Crippen molar-refractivity contribution in [3.8, 4) is 0 Å². The largest absolute Gasteiger partial charge is 0.387 e. The van der Waals surface area contributed by atoms with Crippen molar-refractivity contribution in [3.63, 3.8) is 0 Å². The molecule has 0 aliphatic carbocycles. The molecule has 2 aliphatic heterocycles. The third-order valence-corrected chi connectivity index (χ3v) is 7.01. The van der Waals surface area contributed by atoms with E-state index in [9.17, 15) is 19.7 Å². The molecule has 1 aromatic heterocycles. The molecular weight excluding hydrogens is 544 g/mol. The summed E-state index contributed by atoms with van der Waals surface area (Å²) in [5.41, 5.74) is 1.40. The van der Waals surface area contributed by atoms with Crippen LogP contribution in [-0.4, -0.2) is 83.0 Å². The van der Waals surface area contributed by atoms with Crippen LogP contribution in [0.5, 0.6) is 0 Å². The summed E-state index contributed by atoms with van der Waals surface area (Å²) in [4.78, 5) is 45.8. The van der Waals surface area contributed by atoms with Gasteiger partial charge in [-0.25, -0.2) is 0 Å². The number of morpholine rings is 1. The molecule has 12 heteroatoms. The molecule has 0 spiro atoms. The molecule has 0 saturated carbocycles. The lowest BCUT2D eigenvalue weighted by atomic mass is 10.0. The highest BCUT2D eigenvalue weighted by Gasteiger charge is 2.33. The minimum Gasteiger partial charge on any atom is -0.387 e. The Morgan fingerprint density at radius 1 is 1.11 bits per heavy atom. The number of pyridine rings is 1. The number of amides is 2. The summed E-state index contributed by atoms with van der Waals surface area (Å²) in [5.74, 6) is -0.457. The Bertz CT molecular complexity index is 1180. The number of nitrogens with zero attached hydrogens (tertiary/aromatic N) is 4. The van der Waals surface area contributed by atoms with Crippen molar-refractivity contribution >= 4 is 44.8 Å². The maximum Gasteiger partial charge on any atom is 0.294 e. The molecule has 198 valence electrons. The molecule has 37 heavy (non-hydrogen) atoms. The Morgan fingerprint density at radius 3 is 2.51 bits per heavy atom. The highest BCUT2D eigenvalue weighted by Crippen LogP contribution is 2.35. The molecule has 2 fully saturated rings. The van der Waals surface area contributed by atoms with Gasteiger partial charge in [0, 0.05) is 62.2 Å². The van der Waals surface area contributed by atoms with E-state index in [1.165, 1.54) is 12.3 Å². The Labute approximate surface area is 223 Å². The lowest BCUT2D eigenvalue weighted by molar-refractivity contribution is -0.384. The summed E-state index contributed by atoms with van der Waals surface area (Å²) in [5, 5.41) is 18.3. The van der Waals surface area contributed by atoms with Crippen molar-refractivity contribution in [2.75, 3.05) is 43.9 Å². The molecule has 2 aliphatic rings. The number of halogens is 1. The van der Waals surface area contributed by atoms with Crippen LogP contribution in [0.15, 0.2) is 35.1 Å². The van der Waals surface area contributed by atoms with Crippen LogP contribution in [0.2, 0.25) is 0 Å². The van der Waals surface area contributed by atoms with E-state index in [0.717, 1.165) is 5.69 Å². The molecule has 0 unspecified atom stereocenters. The number of hydrogen-bond donors (Lipinski definition) is 2. The first-order chi connectivity index (χ1) is 17.7. The topological polar surface area (TPSA) is 130 Å². The zero-order valence-electron chi connectivity index (χ0n) is 21.1. The van der Waals surface area contributed by atoms with Gasteiger partial charge in [0.25, 0.3) is 17.5 Å². The fraction of sp³-hybridized carbons (Fsp3) is 0.480. The number of rotatable bonds is 6. The van der Waals surface area contributed by atoms with Gasteiger partial charge < -0.3 is 25.2 Å². The van der Waals surface area contributed by atoms with E-state index in [1.807, 2.05) is 13.8 Å². The summed E-state index contributed by atoms with van der Waals surface area (Å²) in [6.45, 7) is 5.50.